The number of carbonyl (C=O) groups is 1. The van der Waals surface area contributed by atoms with Crippen molar-refractivity contribution in [2.24, 2.45) is 5.92 Å². The van der Waals surface area contributed by atoms with E-state index in [9.17, 15) is 9.90 Å². The van der Waals surface area contributed by atoms with Gasteiger partial charge in [-0.25, -0.2) is 4.79 Å². The molecule has 1 fully saturated rings. The summed E-state index contributed by atoms with van der Waals surface area (Å²) in [6, 6.07) is 5.02. The van der Waals surface area contributed by atoms with Gasteiger partial charge in [-0.2, -0.15) is 0 Å². The van der Waals surface area contributed by atoms with Gasteiger partial charge in [0.25, 0.3) is 0 Å². The Bertz CT molecular complexity index is 453. The van der Waals surface area contributed by atoms with Crippen molar-refractivity contribution in [3.63, 3.8) is 0 Å². The minimum absolute atomic E-state index is 0.300. The van der Waals surface area contributed by atoms with Crippen LogP contribution in [-0.4, -0.2) is 24.7 Å². The van der Waals surface area contributed by atoms with Crippen LogP contribution < -0.4 is 10.1 Å². The summed E-state index contributed by atoms with van der Waals surface area (Å²) in [5.41, 5.74) is 0.946. The Morgan fingerprint density at radius 3 is 2.75 bits per heavy atom. The zero-order valence-electron chi connectivity index (χ0n) is 12.0. The monoisotopic (exact) mass is 277 g/mol. The van der Waals surface area contributed by atoms with Crippen LogP contribution in [0.15, 0.2) is 18.2 Å². The van der Waals surface area contributed by atoms with Crippen LogP contribution in [-0.2, 0) is 0 Å². The second kappa shape index (κ2) is 7.17. The number of methoxy groups -OCH3 is 1. The van der Waals surface area contributed by atoms with Gasteiger partial charge < -0.3 is 15.2 Å². The average molecular weight is 277 g/mol. The summed E-state index contributed by atoms with van der Waals surface area (Å²) in [7, 11) is 1.58. The zero-order valence-corrected chi connectivity index (χ0v) is 12.0. The molecule has 0 atom stereocenters. The topological polar surface area (TPSA) is 58.6 Å². The third-order valence-corrected chi connectivity index (χ3v) is 4.05. The minimum Gasteiger partial charge on any atom is -0.497 e. The first-order valence-corrected chi connectivity index (χ1v) is 7.36. The van der Waals surface area contributed by atoms with Crippen LogP contribution in [0, 0.1) is 5.92 Å². The first kappa shape index (κ1) is 14.7. The van der Waals surface area contributed by atoms with Gasteiger partial charge in [-0.05, 0) is 24.5 Å². The molecule has 4 nitrogen and oxygen atoms in total. The molecule has 0 aliphatic heterocycles. The molecule has 2 N–H and O–H groups in total. The first-order valence-electron chi connectivity index (χ1n) is 7.36. The van der Waals surface area contributed by atoms with Gasteiger partial charge in [-0.3, -0.25) is 0 Å². The Morgan fingerprint density at radius 1 is 1.35 bits per heavy atom. The second-order valence-corrected chi connectivity index (χ2v) is 5.44. The molecule has 0 unspecified atom stereocenters. The van der Waals surface area contributed by atoms with E-state index in [1.807, 2.05) is 0 Å². The van der Waals surface area contributed by atoms with Crippen molar-refractivity contribution < 1.29 is 14.6 Å². The van der Waals surface area contributed by atoms with E-state index in [0.717, 1.165) is 18.9 Å². The fourth-order valence-electron chi connectivity index (χ4n) is 2.87. The molecule has 0 bridgehead atoms. The summed E-state index contributed by atoms with van der Waals surface area (Å²) in [6.07, 6.45) is 7.77. The van der Waals surface area contributed by atoms with E-state index < -0.39 is 5.97 Å². The van der Waals surface area contributed by atoms with Gasteiger partial charge in [0.2, 0.25) is 0 Å². The van der Waals surface area contributed by atoms with Crippen molar-refractivity contribution in [3.05, 3.63) is 23.8 Å². The SMILES string of the molecule is COc1ccc(C(=O)O)c(NCCC2CCCCC2)c1. The number of benzene rings is 1. The molecule has 1 aromatic carbocycles. The number of anilines is 1. The number of hydrogen-bond acceptors (Lipinski definition) is 3. The van der Waals surface area contributed by atoms with Crippen LogP contribution in [0.4, 0.5) is 5.69 Å². The number of nitrogens with one attached hydrogen (secondary N) is 1. The normalized spacial score (nSPS) is 15.8. The molecular formula is C16H23NO3. The molecule has 0 amide bonds. The Hall–Kier alpha value is -1.71. The highest BCUT2D eigenvalue weighted by Crippen LogP contribution is 2.27. The third-order valence-electron chi connectivity index (χ3n) is 4.05. The van der Waals surface area contributed by atoms with Crippen molar-refractivity contribution >= 4 is 11.7 Å². The van der Waals surface area contributed by atoms with Crippen molar-refractivity contribution in [2.45, 2.75) is 38.5 Å². The zero-order chi connectivity index (χ0) is 14.4. The number of carboxylic acid groups (broad SMARTS) is 1. The second-order valence-electron chi connectivity index (χ2n) is 5.44. The molecule has 0 spiro atoms. The Morgan fingerprint density at radius 2 is 2.10 bits per heavy atom. The molecular weight excluding hydrogens is 254 g/mol. The van der Waals surface area contributed by atoms with E-state index in [2.05, 4.69) is 5.32 Å². The quantitative estimate of drug-likeness (QED) is 0.831. The number of rotatable bonds is 6. The predicted octanol–water partition coefficient (Wildman–Crippen LogP) is 3.78. The fraction of sp³-hybridized carbons (Fsp3) is 0.562. The third kappa shape index (κ3) is 3.89. The lowest BCUT2D eigenvalue weighted by molar-refractivity contribution is 0.0698. The molecule has 4 heteroatoms. The van der Waals surface area contributed by atoms with Gasteiger partial charge in [-0.15, -0.1) is 0 Å². The van der Waals surface area contributed by atoms with Crippen molar-refractivity contribution in [1.29, 1.82) is 0 Å². The molecule has 1 aliphatic carbocycles. The highest BCUT2D eigenvalue weighted by molar-refractivity contribution is 5.94. The van der Waals surface area contributed by atoms with Gasteiger partial charge in [0.15, 0.2) is 0 Å². The van der Waals surface area contributed by atoms with Crippen molar-refractivity contribution in [2.75, 3.05) is 19.0 Å². The van der Waals surface area contributed by atoms with Gasteiger partial charge in [0, 0.05) is 12.6 Å². The van der Waals surface area contributed by atoms with Crippen LogP contribution in [0.1, 0.15) is 48.9 Å². The lowest BCUT2D eigenvalue weighted by Crippen LogP contribution is -2.13. The van der Waals surface area contributed by atoms with Crippen molar-refractivity contribution in [1.82, 2.24) is 0 Å². The number of aromatic carboxylic acids is 1. The molecule has 1 aromatic rings. The first-order chi connectivity index (χ1) is 9.70. The average Bonchev–Trinajstić information content (AvgIpc) is 2.48. The number of carboxylic acids is 1. The molecule has 110 valence electrons. The fourth-order valence-corrected chi connectivity index (χ4v) is 2.87. The van der Waals surface area contributed by atoms with Gasteiger partial charge in [-0.1, -0.05) is 32.1 Å². The van der Waals surface area contributed by atoms with E-state index in [1.165, 1.54) is 32.1 Å². The van der Waals surface area contributed by atoms with Gasteiger partial charge in [0.1, 0.15) is 5.75 Å². The van der Waals surface area contributed by atoms with Crippen LogP contribution >= 0.6 is 0 Å². The summed E-state index contributed by atoms with van der Waals surface area (Å²) >= 11 is 0. The number of ether oxygens (including phenoxy) is 1. The predicted molar refractivity (Wildman–Crippen MR) is 79.6 cm³/mol. The largest absolute Gasteiger partial charge is 0.497 e. The summed E-state index contributed by atoms with van der Waals surface area (Å²) < 4.78 is 5.15. The van der Waals surface area contributed by atoms with E-state index >= 15 is 0 Å². The summed E-state index contributed by atoms with van der Waals surface area (Å²) in [6.45, 7) is 0.818. The minimum atomic E-state index is -0.909. The standard InChI is InChI=1S/C16H23NO3/c1-20-13-7-8-14(16(18)19)15(11-13)17-10-9-12-5-3-2-4-6-12/h7-8,11-12,17H,2-6,9-10H2,1H3,(H,18,19). The molecule has 0 radical (unpaired) electrons. The van der Waals surface area contributed by atoms with Crippen LogP contribution in [0.25, 0.3) is 0 Å². The van der Waals surface area contributed by atoms with Crippen LogP contribution in [0.2, 0.25) is 0 Å². The lowest BCUT2D eigenvalue weighted by atomic mass is 9.87. The molecule has 2 rings (SSSR count). The van der Waals surface area contributed by atoms with E-state index in [4.69, 9.17) is 4.74 Å². The molecule has 0 saturated heterocycles. The Kier molecular flexibility index (Phi) is 5.27. The molecule has 20 heavy (non-hydrogen) atoms. The maximum Gasteiger partial charge on any atom is 0.337 e. The highest BCUT2D eigenvalue weighted by Gasteiger charge is 2.14. The lowest BCUT2D eigenvalue weighted by Gasteiger charge is -2.22. The molecule has 1 aliphatic rings. The highest BCUT2D eigenvalue weighted by atomic mass is 16.5. The Labute approximate surface area is 120 Å². The molecule has 0 aromatic heterocycles. The van der Waals surface area contributed by atoms with Crippen LogP contribution in [0.5, 0.6) is 5.75 Å². The van der Waals surface area contributed by atoms with Crippen molar-refractivity contribution in [3.8, 4) is 5.75 Å². The maximum absolute atomic E-state index is 11.2. The van der Waals surface area contributed by atoms with E-state index in [0.29, 0.717) is 17.0 Å². The summed E-state index contributed by atoms with van der Waals surface area (Å²) in [4.78, 5) is 11.2. The van der Waals surface area contributed by atoms with Gasteiger partial charge >= 0.3 is 5.97 Å². The maximum atomic E-state index is 11.2. The smallest absolute Gasteiger partial charge is 0.337 e. The van der Waals surface area contributed by atoms with E-state index in [-0.39, 0.29) is 0 Å². The molecule has 0 heterocycles. The Balaban J connectivity index is 1.94. The summed E-state index contributed by atoms with van der Waals surface area (Å²) in [5, 5.41) is 12.5. The van der Waals surface area contributed by atoms with E-state index in [1.54, 1.807) is 25.3 Å². The number of hydrogen-bond donors (Lipinski definition) is 2. The van der Waals surface area contributed by atoms with Crippen LogP contribution in [0.3, 0.4) is 0 Å². The summed E-state index contributed by atoms with van der Waals surface area (Å²) in [5.74, 6) is 0.554. The van der Waals surface area contributed by atoms with Gasteiger partial charge in [0.05, 0.1) is 18.4 Å². The molecule has 1 saturated carbocycles.